The van der Waals surface area contributed by atoms with E-state index in [0.29, 0.717) is 10.8 Å². The van der Waals surface area contributed by atoms with Crippen LogP contribution in [0.1, 0.15) is 104 Å². The third-order valence-corrected chi connectivity index (χ3v) is 11.6. The average molecular weight is 465 g/mol. The van der Waals surface area contributed by atoms with Gasteiger partial charge in [-0.3, -0.25) is 0 Å². The van der Waals surface area contributed by atoms with Crippen LogP contribution in [0.3, 0.4) is 0 Å². The maximum atomic E-state index is 11.0. The molecule has 188 valence electrons. The van der Waals surface area contributed by atoms with Gasteiger partial charge in [-0.05, 0) is 117 Å². The molecule has 9 atom stereocenters. The second-order valence-corrected chi connectivity index (χ2v) is 13.4. The molecule has 34 heavy (non-hydrogen) atoms. The van der Waals surface area contributed by atoms with Gasteiger partial charge in [0.2, 0.25) is 0 Å². The lowest BCUT2D eigenvalue weighted by atomic mass is 9.47. The maximum absolute atomic E-state index is 11.0. The molecule has 1 aromatic rings. The highest BCUT2D eigenvalue weighted by Gasteiger charge is 2.59. The number of benzene rings is 1. The largest absolute Gasteiger partial charge is 0.393 e. The van der Waals surface area contributed by atoms with E-state index in [1.807, 2.05) is 25.1 Å². The van der Waals surface area contributed by atoms with Crippen molar-refractivity contribution in [3.63, 3.8) is 0 Å². The predicted octanol–water partition coefficient (Wildman–Crippen LogP) is 7.64. The highest BCUT2D eigenvalue weighted by molar-refractivity contribution is 5.25. The van der Waals surface area contributed by atoms with Crippen molar-refractivity contribution in [1.29, 1.82) is 0 Å². The highest BCUT2D eigenvalue weighted by atomic mass is 16.3. The van der Waals surface area contributed by atoms with E-state index >= 15 is 0 Å². The molecule has 1 aromatic carbocycles. The summed E-state index contributed by atoms with van der Waals surface area (Å²) in [5, 5.41) is 21.3. The standard InChI is InChI=1S/C32H48O2/c1-22(9-8-18-32(4,34)23-10-6-5-7-11-23)27-14-15-28-26-13-12-24-21-25(33)16-19-30(24,2)29(26)17-20-31(27,28)3/h5-7,10-12,22,25-29,33-34H,8-9,13-21H2,1-4H3/t22-,25+,26-,27-,28-,29+,30+,31-,32+/m1/s1. The molecule has 0 spiro atoms. The Morgan fingerprint density at radius 1 is 1.03 bits per heavy atom. The molecule has 0 saturated heterocycles. The lowest BCUT2D eigenvalue weighted by Gasteiger charge is -2.58. The Morgan fingerprint density at radius 3 is 2.56 bits per heavy atom. The summed E-state index contributed by atoms with van der Waals surface area (Å²) in [5.41, 5.74) is 2.73. The summed E-state index contributed by atoms with van der Waals surface area (Å²) in [7, 11) is 0. The molecule has 3 fully saturated rings. The first kappa shape index (κ1) is 24.6. The first-order valence-corrected chi connectivity index (χ1v) is 14.3. The third-order valence-electron chi connectivity index (χ3n) is 11.6. The third kappa shape index (κ3) is 4.11. The molecule has 2 heteroatoms. The predicted molar refractivity (Wildman–Crippen MR) is 140 cm³/mol. The van der Waals surface area contributed by atoms with Crippen LogP contribution in [0.4, 0.5) is 0 Å². The van der Waals surface area contributed by atoms with Gasteiger partial charge in [0.25, 0.3) is 0 Å². The smallest absolute Gasteiger partial charge is 0.0868 e. The van der Waals surface area contributed by atoms with Crippen molar-refractivity contribution in [1.82, 2.24) is 0 Å². The van der Waals surface area contributed by atoms with E-state index in [2.05, 4.69) is 39.0 Å². The van der Waals surface area contributed by atoms with Crippen LogP contribution in [-0.2, 0) is 5.60 Å². The molecule has 0 unspecified atom stereocenters. The van der Waals surface area contributed by atoms with Gasteiger partial charge in [-0.2, -0.15) is 0 Å². The van der Waals surface area contributed by atoms with Crippen LogP contribution < -0.4 is 0 Å². The lowest BCUT2D eigenvalue weighted by Crippen LogP contribution is -2.50. The summed E-state index contributed by atoms with van der Waals surface area (Å²) in [6, 6.07) is 10.2. The molecule has 4 aliphatic rings. The second-order valence-electron chi connectivity index (χ2n) is 13.4. The van der Waals surface area contributed by atoms with Crippen LogP contribution in [0.25, 0.3) is 0 Å². The number of fused-ring (bicyclic) bond motifs is 5. The summed E-state index contributed by atoms with van der Waals surface area (Å²) in [6.07, 6.45) is 15.6. The van der Waals surface area contributed by atoms with E-state index in [4.69, 9.17) is 0 Å². The van der Waals surface area contributed by atoms with E-state index in [1.165, 1.54) is 44.9 Å². The molecule has 5 rings (SSSR count). The summed E-state index contributed by atoms with van der Waals surface area (Å²) in [6.45, 7) is 9.67. The van der Waals surface area contributed by atoms with Crippen LogP contribution in [0, 0.1) is 40.4 Å². The van der Waals surface area contributed by atoms with Crippen LogP contribution in [0.2, 0.25) is 0 Å². The Hall–Kier alpha value is -1.12. The van der Waals surface area contributed by atoms with Gasteiger partial charge in [-0.25, -0.2) is 0 Å². The fourth-order valence-corrected chi connectivity index (χ4v) is 9.53. The van der Waals surface area contributed by atoms with Crippen molar-refractivity contribution in [3.8, 4) is 0 Å². The SMILES string of the molecule is C[C@H](CCC[C@](C)(O)c1ccccc1)[C@H]1CC[C@@H]2[C@H]3CC=C4C[C@@H](O)CC[C@]4(C)[C@H]3CC[C@@]21C. The van der Waals surface area contributed by atoms with Crippen molar-refractivity contribution in [2.75, 3.05) is 0 Å². The van der Waals surface area contributed by atoms with Crippen molar-refractivity contribution < 1.29 is 10.2 Å². The van der Waals surface area contributed by atoms with E-state index in [9.17, 15) is 10.2 Å². The molecular weight excluding hydrogens is 416 g/mol. The van der Waals surface area contributed by atoms with Crippen molar-refractivity contribution >= 4 is 0 Å². The first-order chi connectivity index (χ1) is 16.1. The molecule has 2 nitrogen and oxygen atoms in total. The molecule has 0 aliphatic heterocycles. The van der Waals surface area contributed by atoms with Crippen LogP contribution in [0.15, 0.2) is 42.0 Å². The average Bonchev–Trinajstić information content (AvgIpc) is 3.17. The van der Waals surface area contributed by atoms with Crippen molar-refractivity contribution in [3.05, 3.63) is 47.5 Å². The van der Waals surface area contributed by atoms with E-state index in [1.54, 1.807) is 5.57 Å². The quantitative estimate of drug-likeness (QED) is 0.425. The van der Waals surface area contributed by atoms with E-state index in [0.717, 1.165) is 60.8 Å². The number of hydrogen-bond donors (Lipinski definition) is 2. The number of allylic oxidation sites excluding steroid dienone is 1. The summed E-state index contributed by atoms with van der Waals surface area (Å²) in [4.78, 5) is 0. The van der Waals surface area contributed by atoms with Gasteiger partial charge >= 0.3 is 0 Å². The van der Waals surface area contributed by atoms with Crippen molar-refractivity contribution in [2.45, 2.75) is 110 Å². The Balaban J connectivity index is 1.24. The molecule has 0 amide bonds. The summed E-state index contributed by atoms with van der Waals surface area (Å²) in [5.74, 6) is 4.10. The second kappa shape index (κ2) is 9.07. The summed E-state index contributed by atoms with van der Waals surface area (Å²) >= 11 is 0. The molecule has 2 N–H and O–H groups in total. The van der Waals surface area contributed by atoms with Gasteiger partial charge in [-0.15, -0.1) is 0 Å². The normalized spacial score (nSPS) is 42.1. The zero-order chi connectivity index (χ0) is 24.1. The fraction of sp³-hybridized carbons (Fsp3) is 0.750. The Morgan fingerprint density at radius 2 is 1.79 bits per heavy atom. The fourth-order valence-electron chi connectivity index (χ4n) is 9.53. The van der Waals surface area contributed by atoms with E-state index < -0.39 is 5.60 Å². The minimum Gasteiger partial charge on any atom is -0.393 e. The van der Waals surface area contributed by atoms with Gasteiger partial charge in [0.05, 0.1) is 11.7 Å². The van der Waals surface area contributed by atoms with Crippen LogP contribution in [-0.4, -0.2) is 16.3 Å². The maximum Gasteiger partial charge on any atom is 0.0868 e. The molecule has 0 radical (unpaired) electrons. The Labute approximate surface area is 208 Å². The zero-order valence-electron chi connectivity index (χ0n) is 22.1. The van der Waals surface area contributed by atoms with E-state index in [-0.39, 0.29) is 6.10 Å². The van der Waals surface area contributed by atoms with Crippen molar-refractivity contribution in [2.24, 2.45) is 40.4 Å². The number of hydrogen-bond acceptors (Lipinski definition) is 2. The topological polar surface area (TPSA) is 40.5 Å². The lowest BCUT2D eigenvalue weighted by molar-refractivity contribution is -0.0576. The number of rotatable bonds is 6. The monoisotopic (exact) mass is 464 g/mol. The molecule has 0 heterocycles. The minimum atomic E-state index is -0.726. The van der Waals surface area contributed by atoms with Gasteiger partial charge in [0.15, 0.2) is 0 Å². The molecule has 0 bridgehead atoms. The van der Waals surface area contributed by atoms with Gasteiger partial charge in [-0.1, -0.05) is 69.2 Å². The number of aliphatic hydroxyl groups excluding tert-OH is 1. The molecule has 0 aromatic heterocycles. The van der Waals surface area contributed by atoms with Gasteiger partial charge < -0.3 is 10.2 Å². The zero-order valence-corrected chi connectivity index (χ0v) is 22.1. The number of aliphatic hydroxyl groups is 2. The Bertz CT molecular complexity index is 888. The Kier molecular flexibility index (Phi) is 6.56. The molecule has 4 aliphatic carbocycles. The van der Waals surface area contributed by atoms with Crippen LogP contribution >= 0.6 is 0 Å². The van der Waals surface area contributed by atoms with Gasteiger partial charge in [0.1, 0.15) is 0 Å². The molecule has 3 saturated carbocycles. The summed E-state index contributed by atoms with van der Waals surface area (Å²) < 4.78 is 0. The highest BCUT2D eigenvalue weighted by Crippen LogP contribution is 2.67. The molecular formula is C32H48O2. The van der Waals surface area contributed by atoms with Gasteiger partial charge in [0, 0.05) is 0 Å². The minimum absolute atomic E-state index is 0.107. The van der Waals surface area contributed by atoms with Crippen LogP contribution in [0.5, 0.6) is 0 Å². The first-order valence-electron chi connectivity index (χ1n) is 14.3.